The molecule has 0 amide bonds. The molecule has 0 aromatic heterocycles. The van der Waals surface area contributed by atoms with Crippen molar-refractivity contribution in [2.45, 2.75) is 19.3 Å². The molecule has 0 bridgehead atoms. The molecule has 0 saturated heterocycles. The van der Waals surface area contributed by atoms with Gasteiger partial charge in [-0.05, 0) is 24.7 Å². The fraction of sp³-hybridized carbons (Fsp3) is 0.833. The average molecular weight is 93.1 g/mol. The van der Waals surface area contributed by atoms with Gasteiger partial charge in [-0.3, -0.25) is 0 Å². The van der Waals surface area contributed by atoms with Crippen LogP contribution in [0.1, 0.15) is 19.3 Å². The van der Waals surface area contributed by atoms with E-state index in [9.17, 15) is 0 Å². The molecule has 1 nitrogen and oxygen atoms in total. The van der Waals surface area contributed by atoms with Crippen molar-refractivity contribution in [3.8, 4) is 6.07 Å². The van der Waals surface area contributed by atoms with Gasteiger partial charge in [-0.1, -0.05) is 0 Å². The standard InChI is InChI=1S/C6H7N/c7-4-5-3-6(5)1-2-6/h5H,1-3H2. The first kappa shape index (κ1) is 3.49. The summed E-state index contributed by atoms with van der Waals surface area (Å²) in [4.78, 5) is 0. The maximum Gasteiger partial charge on any atom is 0.0661 e. The van der Waals surface area contributed by atoms with Gasteiger partial charge < -0.3 is 0 Å². The average Bonchev–Trinajstić information content (AvgIpc) is 2.52. The summed E-state index contributed by atoms with van der Waals surface area (Å²) in [5, 5.41) is 8.33. The number of nitrogens with zero attached hydrogens (tertiary/aromatic N) is 1. The Hall–Kier alpha value is -0.510. The maximum absolute atomic E-state index is 8.33. The van der Waals surface area contributed by atoms with Crippen molar-refractivity contribution >= 4 is 0 Å². The highest BCUT2D eigenvalue weighted by Gasteiger charge is 2.63. The molecular formula is C6H7N. The summed E-state index contributed by atoms with van der Waals surface area (Å²) < 4.78 is 0. The largest absolute Gasteiger partial charge is 0.198 e. The Bertz CT molecular complexity index is 139. The van der Waals surface area contributed by atoms with Crippen LogP contribution in [0.4, 0.5) is 0 Å². The smallest absolute Gasteiger partial charge is 0.0661 e. The Morgan fingerprint density at radius 2 is 2.29 bits per heavy atom. The van der Waals surface area contributed by atoms with Crippen molar-refractivity contribution in [3.63, 3.8) is 0 Å². The molecule has 2 fully saturated rings. The summed E-state index contributed by atoms with van der Waals surface area (Å²) in [5.74, 6) is 0.465. The van der Waals surface area contributed by atoms with Gasteiger partial charge in [0.2, 0.25) is 0 Å². The van der Waals surface area contributed by atoms with E-state index in [0.29, 0.717) is 11.3 Å². The SMILES string of the molecule is N#CC1CC12CC2. The minimum Gasteiger partial charge on any atom is -0.198 e. The molecule has 2 aliphatic carbocycles. The van der Waals surface area contributed by atoms with Gasteiger partial charge in [0.1, 0.15) is 0 Å². The highest BCUT2D eigenvalue weighted by Crippen LogP contribution is 2.70. The first-order valence-corrected chi connectivity index (χ1v) is 2.77. The van der Waals surface area contributed by atoms with Crippen LogP contribution in [0.5, 0.6) is 0 Å². The van der Waals surface area contributed by atoms with Crippen LogP contribution in [0.3, 0.4) is 0 Å². The molecular weight excluding hydrogens is 86.1 g/mol. The Kier molecular flexibility index (Phi) is 0.353. The van der Waals surface area contributed by atoms with Gasteiger partial charge in [-0.15, -0.1) is 0 Å². The predicted octanol–water partition coefficient (Wildman–Crippen LogP) is 1.31. The van der Waals surface area contributed by atoms with Crippen LogP contribution in [0.15, 0.2) is 0 Å². The zero-order valence-electron chi connectivity index (χ0n) is 4.15. The number of hydrogen-bond donors (Lipinski definition) is 0. The van der Waals surface area contributed by atoms with Crippen molar-refractivity contribution in [1.29, 1.82) is 5.26 Å². The summed E-state index contributed by atoms with van der Waals surface area (Å²) in [6.45, 7) is 0. The van der Waals surface area contributed by atoms with Crippen LogP contribution in [0.25, 0.3) is 0 Å². The summed E-state index contributed by atoms with van der Waals surface area (Å²) in [7, 11) is 0. The third kappa shape index (κ3) is 0.279. The lowest BCUT2D eigenvalue weighted by Crippen LogP contribution is -1.69. The molecule has 2 aliphatic rings. The highest BCUT2D eigenvalue weighted by molar-refractivity contribution is 5.20. The van der Waals surface area contributed by atoms with E-state index in [1.807, 2.05) is 0 Å². The Balaban J connectivity index is 2.13. The first-order valence-electron chi connectivity index (χ1n) is 2.77. The fourth-order valence-electron chi connectivity index (χ4n) is 1.24. The Morgan fingerprint density at radius 1 is 1.57 bits per heavy atom. The van der Waals surface area contributed by atoms with Gasteiger partial charge in [0, 0.05) is 0 Å². The van der Waals surface area contributed by atoms with E-state index in [1.54, 1.807) is 0 Å². The Labute approximate surface area is 42.9 Å². The molecule has 0 aliphatic heterocycles. The lowest BCUT2D eigenvalue weighted by Gasteiger charge is -1.69. The topological polar surface area (TPSA) is 23.8 Å². The molecule has 1 atom stereocenters. The molecule has 2 rings (SSSR count). The van der Waals surface area contributed by atoms with E-state index >= 15 is 0 Å². The Morgan fingerprint density at radius 3 is 2.43 bits per heavy atom. The van der Waals surface area contributed by atoms with Gasteiger partial charge in [0.05, 0.1) is 12.0 Å². The second-order valence-corrected chi connectivity index (χ2v) is 2.75. The summed E-state index contributed by atoms with van der Waals surface area (Å²) in [5.41, 5.74) is 0.606. The quantitative estimate of drug-likeness (QED) is 0.443. The minimum absolute atomic E-state index is 0.465. The van der Waals surface area contributed by atoms with Gasteiger partial charge in [0.25, 0.3) is 0 Å². The molecule has 0 heterocycles. The van der Waals surface area contributed by atoms with Crippen molar-refractivity contribution in [3.05, 3.63) is 0 Å². The van der Waals surface area contributed by atoms with Crippen LogP contribution in [-0.4, -0.2) is 0 Å². The van der Waals surface area contributed by atoms with Crippen molar-refractivity contribution in [1.82, 2.24) is 0 Å². The van der Waals surface area contributed by atoms with Gasteiger partial charge >= 0.3 is 0 Å². The molecule has 7 heavy (non-hydrogen) atoms. The van der Waals surface area contributed by atoms with Crippen LogP contribution >= 0.6 is 0 Å². The van der Waals surface area contributed by atoms with E-state index < -0.39 is 0 Å². The number of nitriles is 1. The molecule has 1 spiro atoms. The fourth-order valence-corrected chi connectivity index (χ4v) is 1.24. The van der Waals surface area contributed by atoms with Gasteiger partial charge in [-0.2, -0.15) is 5.26 Å². The third-order valence-corrected chi connectivity index (χ3v) is 2.24. The second kappa shape index (κ2) is 0.709. The lowest BCUT2D eigenvalue weighted by molar-refractivity contribution is 0.832. The van der Waals surface area contributed by atoms with Crippen LogP contribution in [-0.2, 0) is 0 Å². The number of rotatable bonds is 0. The zero-order valence-corrected chi connectivity index (χ0v) is 4.15. The molecule has 1 unspecified atom stereocenters. The van der Waals surface area contributed by atoms with E-state index in [0.717, 1.165) is 0 Å². The van der Waals surface area contributed by atoms with E-state index in [4.69, 9.17) is 5.26 Å². The molecule has 0 aromatic rings. The van der Waals surface area contributed by atoms with Gasteiger partial charge in [0.15, 0.2) is 0 Å². The molecule has 2 saturated carbocycles. The summed E-state index contributed by atoms with van der Waals surface area (Å²) in [6.07, 6.45) is 3.89. The van der Waals surface area contributed by atoms with E-state index in [-0.39, 0.29) is 0 Å². The first-order chi connectivity index (χ1) is 3.37. The predicted molar refractivity (Wildman–Crippen MR) is 25.4 cm³/mol. The third-order valence-electron chi connectivity index (χ3n) is 2.24. The van der Waals surface area contributed by atoms with Crippen molar-refractivity contribution in [2.75, 3.05) is 0 Å². The molecule has 0 radical (unpaired) electrons. The van der Waals surface area contributed by atoms with Crippen molar-refractivity contribution < 1.29 is 0 Å². The van der Waals surface area contributed by atoms with Crippen molar-refractivity contribution in [2.24, 2.45) is 11.3 Å². The van der Waals surface area contributed by atoms with Gasteiger partial charge in [-0.25, -0.2) is 0 Å². The molecule has 0 aromatic carbocycles. The highest BCUT2D eigenvalue weighted by atomic mass is 14.7. The zero-order chi connectivity index (χ0) is 4.91. The number of hydrogen-bond acceptors (Lipinski definition) is 1. The normalized spacial score (nSPS) is 40.1. The van der Waals surface area contributed by atoms with E-state index in [1.165, 1.54) is 19.3 Å². The van der Waals surface area contributed by atoms with E-state index in [2.05, 4.69) is 6.07 Å². The maximum atomic E-state index is 8.33. The molecule has 36 valence electrons. The summed E-state index contributed by atoms with van der Waals surface area (Å²) in [6, 6.07) is 2.29. The monoisotopic (exact) mass is 93.1 g/mol. The molecule has 0 N–H and O–H groups in total. The van der Waals surface area contributed by atoms with Crippen LogP contribution in [0, 0.1) is 22.7 Å². The van der Waals surface area contributed by atoms with Crippen LogP contribution in [0.2, 0.25) is 0 Å². The second-order valence-electron chi connectivity index (χ2n) is 2.75. The minimum atomic E-state index is 0.465. The summed E-state index contributed by atoms with van der Waals surface area (Å²) >= 11 is 0. The molecule has 1 heteroatoms. The lowest BCUT2D eigenvalue weighted by atomic mass is 10.3. The van der Waals surface area contributed by atoms with Crippen LogP contribution < -0.4 is 0 Å².